The maximum atomic E-state index is 12.3. The Morgan fingerprint density at radius 2 is 2.17 bits per heavy atom. The zero-order valence-electron chi connectivity index (χ0n) is 13.3. The van der Waals surface area contributed by atoms with Crippen LogP contribution in [0.15, 0.2) is 45.7 Å². The van der Waals surface area contributed by atoms with Crippen LogP contribution in [0.2, 0.25) is 0 Å². The molecule has 5 heteroatoms. The molecule has 0 bridgehead atoms. The molecule has 1 aliphatic carbocycles. The molecular weight excluding hydrogens is 292 g/mol. The number of nitrogens with one attached hydrogen (secondary N) is 1. The predicted molar refractivity (Wildman–Crippen MR) is 87.4 cm³/mol. The van der Waals surface area contributed by atoms with Gasteiger partial charge in [-0.2, -0.15) is 0 Å². The van der Waals surface area contributed by atoms with Crippen molar-refractivity contribution in [2.24, 2.45) is 5.92 Å². The SMILES string of the molecule is CC1CCCC(NC(=O)c2ccc(Cn3ccccc3=O)o2)C1. The number of furan rings is 1. The van der Waals surface area contributed by atoms with Gasteiger partial charge < -0.3 is 14.3 Å². The minimum atomic E-state index is -0.171. The normalized spacial score (nSPS) is 21.1. The highest BCUT2D eigenvalue weighted by atomic mass is 16.4. The summed E-state index contributed by atoms with van der Waals surface area (Å²) >= 11 is 0. The molecule has 0 saturated heterocycles. The predicted octanol–water partition coefficient (Wildman–Crippen LogP) is 2.80. The second-order valence-electron chi connectivity index (χ2n) is 6.37. The molecule has 3 rings (SSSR count). The van der Waals surface area contributed by atoms with E-state index in [4.69, 9.17) is 4.42 Å². The van der Waals surface area contributed by atoms with E-state index in [1.165, 1.54) is 12.5 Å². The van der Waals surface area contributed by atoms with Gasteiger partial charge in [0.2, 0.25) is 0 Å². The van der Waals surface area contributed by atoms with Crippen LogP contribution in [0, 0.1) is 5.92 Å². The van der Waals surface area contributed by atoms with Crippen LogP contribution in [0.25, 0.3) is 0 Å². The Labute approximate surface area is 135 Å². The van der Waals surface area contributed by atoms with Crippen molar-refractivity contribution in [2.45, 2.75) is 45.2 Å². The lowest BCUT2D eigenvalue weighted by Crippen LogP contribution is -2.37. The summed E-state index contributed by atoms with van der Waals surface area (Å²) < 4.78 is 7.15. The fourth-order valence-electron chi connectivity index (χ4n) is 3.17. The van der Waals surface area contributed by atoms with Crippen LogP contribution in [0.1, 0.15) is 48.9 Å². The van der Waals surface area contributed by atoms with E-state index in [9.17, 15) is 9.59 Å². The second kappa shape index (κ2) is 6.86. The average Bonchev–Trinajstić information content (AvgIpc) is 2.98. The van der Waals surface area contributed by atoms with Gasteiger partial charge in [0.1, 0.15) is 5.76 Å². The van der Waals surface area contributed by atoms with Crippen molar-refractivity contribution in [1.82, 2.24) is 9.88 Å². The third-order valence-electron chi connectivity index (χ3n) is 4.38. The van der Waals surface area contributed by atoms with Crippen LogP contribution >= 0.6 is 0 Å². The van der Waals surface area contributed by atoms with Crippen molar-refractivity contribution in [3.63, 3.8) is 0 Å². The summed E-state index contributed by atoms with van der Waals surface area (Å²) in [6.45, 7) is 2.55. The van der Waals surface area contributed by atoms with E-state index in [0.29, 0.717) is 24.0 Å². The Kier molecular flexibility index (Phi) is 4.65. The lowest BCUT2D eigenvalue weighted by molar-refractivity contribution is 0.0891. The highest BCUT2D eigenvalue weighted by Crippen LogP contribution is 2.23. The summed E-state index contributed by atoms with van der Waals surface area (Å²) in [4.78, 5) is 24.0. The molecule has 2 unspecified atom stereocenters. The van der Waals surface area contributed by atoms with Crippen molar-refractivity contribution in [1.29, 1.82) is 0 Å². The lowest BCUT2D eigenvalue weighted by Gasteiger charge is -2.27. The first-order chi connectivity index (χ1) is 11.1. The van der Waals surface area contributed by atoms with Crippen molar-refractivity contribution >= 4 is 5.91 Å². The Morgan fingerprint density at radius 1 is 1.30 bits per heavy atom. The minimum Gasteiger partial charge on any atom is -0.454 e. The van der Waals surface area contributed by atoms with Gasteiger partial charge in [-0.1, -0.05) is 25.8 Å². The monoisotopic (exact) mass is 314 g/mol. The first-order valence-corrected chi connectivity index (χ1v) is 8.17. The van der Waals surface area contributed by atoms with E-state index in [-0.39, 0.29) is 17.5 Å². The van der Waals surface area contributed by atoms with Gasteiger partial charge in [0.05, 0.1) is 6.54 Å². The smallest absolute Gasteiger partial charge is 0.287 e. The number of nitrogens with zero attached hydrogens (tertiary/aromatic N) is 1. The van der Waals surface area contributed by atoms with Crippen LogP contribution in [-0.2, 0) is 6.54 Å². The molecule has 23 heavy (non-hydrogen) atoms. The van der Waals surface area contributed by atoms with Gasteiger partial charge in [0.15, 0.2) is 5.76 Å². The third-order valence-corrected chi connectivity index (χ3v) is 4.38. The minimum absolute atomic E-state index is 0.0916. The van der Waals surface area contributed by atoms with E-state index in [0.717, 1.165) is 19.3 Å². The quantitative estimate of drug-likeness (QED) is 0.944. The lowest BCUT2D eigenvalue weighted by atomic mass is 9.87. The van der Waals surface area contributed by atoms with E-state index < -0.39 is 0 Å². The number of hydrogen-bond acceptors (Lipinski definition) is 3. The largest absolute Gasteiger partial charge is 0.454 e. The first-order valence-electron chi connectivity index (χ1n) is 8.17. The molecule has 0 aromatic carbocycles. The summed E-state index contributed by atoms with van der Waals surface area (Å²) in [5, 5.41) is 3.05. The van der Waals surface area contributed by atoms with Crippen LogP contribution in [-0.4, -0.2) is 16.5 Å². The summed E-state index contributed by atoms with van der Waals surface area (Å²) in [5.74, 6) is 1.39. The van der Waals surface area contributed by atoms with Gasteiger partial charge in [0.25, 0.3) is 11.5 Å². The molecule has 1 aliphatic rings. The molecule has 5 nitrogen and oxygen atoms in total. The maximum Gasteiger partial charge on any atom is 0.287 e. The molecule has 2 heterocycles. The maximum absolute atomic E-state index is 12.3. The highest BCUT2D eigenvalue weighted by molar-refractivity contribution is 5.91. The summed E-state index contributed by atoms with van der Waals surface area (Å²) in [6.07, 6.45) is 6.16. The van der Waals surface area contributed by atoms with Crippen molar-refractivity contribution < 1.29 is 9.21 Å². The molecule has 0 spiro atoms. The Morgan fingerprint density at radius 3 is 2.96 bits per heavy atom. The zero-order valence-corrected chi connectivity index (χ0v) is 13.3. The fraction of sp³-hybridized carbons (Fsp3) is 0.444. The van der Waals surface area contributed by atoms with Gasteiger partial charge >= 0.3 is 0 Å². The molecule has 0 aliphatic heterocycles. The summed E-state index contributed by atoms with van der Waals surface area (Å²) in [7, 11) is 0. The van der Waals surface area contributed by atoms with Crippen LogP contribution < -0.4 is 10.9 Å². The Bertz CT molecular complexity index is 732. The number of amides is 1. The molecule has 2 aromatic rings. The second-order valence-corrected chi connectivity index (χ2v) is 6.37. The molecule has 1 amide bonds. The fourth-order valence-corrected chi connectivity index (χ4v) is 3.17. The van der Waals surface area contributed by atoms with Gasteiger partial charge in [0, 0.05) is 18.3 Å². The molecule has 2 atom stereocenters. The summed E-state index contributed by atoms with van der Waals surface area (Å²) in [6, 6.07) is 8.65. The van der Waals surface area contributed by atoms with Crippen molar-refractivity contribution in [2.75, 3.05) is 0 Å². The topological polar surface area (TPSA) is 64.2 Å². The zero-order chi connectivity index (χ0) is 16.2. The van der Waals surface area contributed by atoms with Gasteiger partial charge in [-0.15, -0.1) is 0 Å². The Hall–Kier alpha value is -2.30. The number of aromatic nitrogens is 1. The van der Waals surface area contributed by atoms with Crippen molar-refractivity contribution in [3.05, 3.63) is 58.4 Å². The van der Waals surface area contributed by atoms with Gasteiger partial charge in [-0.25, -0.2) is 0 Å². The number of pyridine rings is 1. The van der Waals surface area contributed by atoms with E-state index in [2.05, 4.69) is 12.2 Å². The number of rotatable bonds is 4. The van der Waals surface area contributed by atoms with Crippen molar-refractivity contribution in [3.8, 4) is 0 Å². The van der Waals surface area contributed by atoms with Crippen LogP contribution in [0.3, 0.4) is 0 Å². The van der Waals surface area contributed by atoms with Gasteiger partial charge in [-0.05, 0) is 37.0 Å². The number of hydrogen-bond donors (Lipinski definition) is 1. The van der Waals surface area contributed by atoms with E-state index in [1.54, 1.807) is 35.0 Å². The van der Waals surface area contributed by atoms with Crippen LogP contribution in [0.5, 0.6) is 0 Å². The van der Waals surface area contributed by atoms with E-state index >= 15 is 0 Å². The van der Waals surface area contributed by atoms with Gasteiger partial charge in [-0.3, -0.25) is 9.59 Å². The highest BCUT2D eigenvalue weighted by Gasteiger charge is 2.22. The first kappa shape index (κ1) is 15.6. The summed E-state index contributed by atoms with van der Waals surface area (Å²) in [5.41, 5.74) is -0.0916. The molecular formula is C18H22N2O3. The third kappa shape index (κ3) is 3.92. The van der Waals surface area contributed by atoms with Crippen LogP contribution in [0.4, 0.5) is 0 Å². The number of carbonyl (C=O) groups is 1. The Balaban J connectivity index is 1.63. The molecule has 1 fully saturated rings. The number of carbonyl (C=O) groups excluding carboxylic acids is 1. The molecule has 2 aromatic heterocycles. The molecule has 122 valence electrons. The standard InChI is InChI=1S/C18H22N2O3/c1-13-5-4-6-14(11-13)19-18(22)16-9-8-15(23-16)12-20-10-3-2-7-17(20)21/h2-3,7-10,13-14H,4-6,11-12H2,1H3,(H,19,22). The molecule has 1 saturated carbocycles. The molecule has 1 N–H and O–H groups in total. The van der Waals surface area contributed by atoms with E-state index in [1.807, 2.05) is 0 Å². The average molecular weight is 314 g/mol. The molecule has 0 radical (unpaired) electrons.